The molecule has 0 saturated carbocycles. The minimum absolute atomic E-state index is 0.0640. The zero-order valence-corrected chi connectivity index (χ0v) is 15.9. The van der Waals surface area contributed by atoms with Crippen LogP contribution < -0.4 is 10.6 Å². The van der Waals surface area contributed by atoms with E-state index in [1.165, 1.54) is 0 Å². The molecule has 0 aromatic heterocycles. The summed E-state index contributed by atoms with van der Waals surface area (Å²) < 4.78 is 28.9. The molecule has 0 radical (unpaired) electrons. The van der Waals surface area contributed by atoms with Gasteiger partial charge in [-0.15, -0.1) is 0 Å². The zero-order chi connectivity index (χ0) is 18.1. The second kappa shape index (κ2) is 9.77. The molecule has 0 aliphatic carbocycles. The summed E-state index contributed by atoms with van der Waals surface area (Å²) in [6.45, 7) is 6.68. The maximum Gasteiger partial charge on any atom is 0.191 e. The Balaban J connectivity index is 2.01. The van der Waals surface area contributed by atoms with E-state index in [1.807, 2.05) is 19.1 Å². The Morgan fingerprint density at radius 2 is 2.04 bits per heavy atom. The minimum atomic E-state index is -2.90. The van der Waals surface area contributed by atoms with Crippen molar-refractivity contribution in [2.75, 3.05) is 24.7 Å². The van der Waals surface area contributed by atoms with E-state index in [0.717, 1.165) is 30.7 Å². The van der Waals surface area contributed by atoms with Gasteiger partial charge in [-0.05, 0) is 30.9 Å². The Labute approximate surface area is 151 Å². The fraction of sp³-hybridized carbons (Fsp3) is 0.611. The molecule has 25 heavy (non-hydrogen) atoms. The summed E-state index contributed by atoms with van der Waals surface area (Å²) in [5, 5.41) is 6.43. The van der Waals surface area contributed by atoms with Crippen LogP contribution in [0.5, 0.6) is 0 Å². The molecule has 2 N–H and O–H groups in total. The van der Waals surface area contributed by atoms with Crippen LogP contribution >= 0.6 is 0 Å². The molecule has 1 fully saturated rings. The topological polar surface area (TPSA) is 79.8 Å². The van der Waals surface area contributed by atoms with Crippen LogP contribution in [0.4, 0.5) is 0 Å². The minimum Gasteiger partial charge on any atom is -0.377 e. The van der Waals surface area contributed by atoms with Crippen LogP contribution in [-0.2, 0) is 27.7 Å². The first-order valence-electron chi connectivity index (χ1n) is 8.94. The predicted molar refractivity (Wildman–Crippen MR) is 101 cm³/mol. The van der Waals surface area contributed by atoms with E-state index in [-0.39, 0.29) is 17.5 Å². The van der Waals surface area contributed by atoms with Crippen LogP contribution in [0.3, 0.4) is 0 Å². The average molecular weight is 368 g/mol. The third-order valence-corrected chi connectivity index (χ3v) is 5.82. The molecule has 0 amide bonds. The van der Waals surface area contributed by atoms with Gasteiger partial charge in [0, 0.05) is 19.2 Å². The van der Waals surface area contributed by atoms with E-state index in [0.29, 0.717) is 25.5 Å². The highest BCUT2D eigenvalue weighted by Gasteiger charge is 2.28. The maximum atomic E-state index is 11.6. The van der Waals surface area contributed by atoms with Gasteiger partial charge in [-0.2, -0.15) is 0 Å². The van der Waals surface area contributed by atoms with Crippen molar-refractivity contribution < 1.29 is 13.2 Å². The van der Waals surface area contributed by atoms with Gasteiger partial charge >= 0.3 is 0 Å². The molecular formula is C18H29N3O3S. The van der Waals surface area contributed by atoms with E-state index < -0.39 is 9.84 Å². The molecule has 0 bridgehead atoms. The van der Waals surface area contributed by atoms with E-state index in [9.17, 15) is 8.42 Å². The Morgan fingerprint density at radius 1 is 1.28 bits per heavy atom. The molecule has 6 nitrogen and oxygen atoms in total. The molecule has 1 saturated heterocycles. The summed E-state index contributed by atoms with van der Waals surface area (Å²) >= 11 is 0. The molecule has 1 heterocycles. The fourth-order valence-corrected chi connectivity index (χ4v) is 4.44. The van der Waals surface area contributed by atoms with Crippen molar-refractivity contribution in [2.45, 2.75) is 45.9 Å². The van der Waals surface area contributed by atoms with E-state index in [1.54, 1.807) is 0 Å². The molecular weight excluding hydrogens is 338 g/mol. The first kappa shape index (κ1) is 19.7. The van der Waals surface area contributed by atoms with Gasteiger partial charge in [0.15, 0.2) is 15.8 Å². The van der Waals surface area contributed by atoms with Crippen LogP contribution in [0, 0.1) is 0 Å². The van der Waals surface area contributed by atoms with Crippen molar-refractivity contribution >= 4 is 15.8 Å². The van der Waals surface area contributed by atoms with Crippen LogP contribution in [-0.4, -0.2) is 45.1 Å². The normalized spacial score (nSPS) is 19.8. The zero-order valence-electron chi connectivity index (χ0n) is 15.1. The Hall–Kier alpha value is -1.60. The summed E-state index contributed by atoms with van der Waals surface area (Å²) in [4.78, 5) is 4.63. The third kappa shape index (κ3) is 6.66. The molecule has 1 unspecified atom stereocenters. The van der Waals surface area contributed by atoms with Gasteiger partial charge < -0.3 is 15.4 Å². The lowest BCUT2D eigenvalue weighted by atomic mass is 10.1. The van der Waals surface area contributed by atoms with E-state index in [2.05, 4.69) is 34.7 Å². The quantitative estimate of drug-likeness (QED) is 0.416. The largest absolute Gasteiger partial charge is 0.377 e. The lowest BCUT2D eigenvalue weighted by Gasteiger charge is -2.16. The number of aliphatic imine (C=N–C) groups is 1. The SMILES string of the molecule is CCCOCc1ccccc1CN=C(NCC)NC1CCS(=O)(=O)C1. The lowest BCUT2D eigenvalue weighted by Crippen LogP contribution is -2.44. The summed E-state index contributed by atoms with van der Waals surface area (Å²) in [6.07, 6.45) is 1.63. The fourth-order valence-electron chi connectivity index (χ4n) is 2.77. The molecule has 1 aliphatic rings. The maximum absolute atomic E-state index is 11.6. The molecule has 140 valence electrons. The number of nitrogens with one attached hydrogen (secondary N) is 2. The molecule has 1 aromatic rings. The Bertz CT molecular complexity index is 674. The number of nitrogens with zero attached hydrogens (tertiary/aromatic N) is 1. The van der Waals surface area contributed by atoms with Gasteiger partial charge in [0.05, 0.1) is 24.7 Å². The van der Waals surface area contributed by atoms with Crippen molar-refractivity contribution in [1.29, 1.82) is 0 Å². The van der Waals surface area contributed by atoms with Crippen molar-refractivity contribution in [3.63, 3.8) is 0 Å². The second-order valence-corrected chi connectivity index (χ2v) is 8.49. The lowest BCUT2D eigenvalue weighted by molar-refractivity contribution is 0.121. The Morgan fingerprint density at radius 3 is 2.68 bits per heavy atom. The number of benzene rings is 1. The number of hydrogen-bond acceptors (Lipinski definition) is 4. The number of sulfone groups is 1. The van der Waals surface area contributed by atoms with Crippen LogP contribution in [0.25, 0.3) is 0 Å². The number of ether oxygens (including phenoxy) is 1. The van der Waals surface area contributed by atoms with Crippen LogP contribution in [0.1, 0.15) is 37.8 Å². The van der Waals surface area contributed by atoms with Crippen LogP contribution in [0.15, 0.2) is 29.3 Å². The monoisotopic (exact) mass is 367 g/mol. The molecule has 1 aromatic carbocycles. The number of rotatable bonds is 8. The van der Waals surface area contributed by atoms with Gasteiger partial charge in [-0.25, -0.2) is 13.4 Å². The molecule has 1 atom stereocenters. The highest BCUT2D eigenvalue weighted by atomic mass is 32.2. The highest BCUT2D eigenvalue weighted by molar-refractivity contribution is 7.91. The molecule has 0 spiro atoms. The molecule has 1 aliphatic heterocycles. The third-order valence-electron chi connectivity index (χ3n) is 4.05. The second-order valence-electron chi connectivity index (χ2n) is 6.26. The van der Waals surface area contributed by atoms with Gasteiger partial charge in [-0.3, -0.25) is 0 Å². The summed E-state index contributed by atoms with van der Waals surface area (Å²) in [5.74, 6) is 1.09. The predicted octanol–water partition coefficient (Wildman–Crippen LogP) is 1.86. The Kier molecular flexibility index (Phi) is 7.71. The van der Waals surface area contributed by atoms with E-state index >= 15 is 0 Å². The van der Waals surface area contributed by atoms with E-state index in [4.69, 9.17) is 4.74 Å². The van der Waals surface area contributed by atoms with Gasteiger partial charge in [0.2, 0.25) is 0 Å². The summed E-state index contributed by atoms with van der Waals surface area (Å²) in [6, 6.07) is 8.05. The van der Waals surface area contributed by atoms with Crippen molar-refractivity contribution in [2.24, 2.45) is 4.99 Å². The van der Waals surface area contributed by atoms with Gasteiger partial charge in [-0.1, -0.05) is 31.2 Å². The van der Waals surface area contributed by atoms with Gasteiger partial charge in [0.25, 0.3) is 0 Å². The van der Waals surface area contributed by atoms with Crippen LogP contribution in [0.2, 0.25) is 0 Å². The smallest absolute Gasteiger partial charge is 0.191 e. The standard InChI is InChI=1S/C18H29N3O3S/c1-3-10-24-13-16-8-6-5-7-15(16)12-20-18(19-4-2)21-17-9-11-25(22,23)14-17/h5-8,17H,3-4,9-14H2,1-2H3,(H2,19,20,21). The number of hydrogen-bond donors (Lipinski definition) is 2. The number of guanidine groups is 1. The average Bonchev–Trinajstić information content (AvgIpc) is 2.93. The molecule has 7 heteroatoms. The van der Waals surface area contributed by atoms with Crippen molar-refractivity contribution in [1.82, 2.24) is 10.6 Å². The highest BCUT2D eigenvalue weighted by Crippen LogP contribution is 2.13. The first-order chi connectivity index (χ1) is 12.0. The summed E-state index contributed by atoms with van der Waals surface area (Å²) in [7, 11) is -2.90. The van der Waals surface area contributed by atoms with Crippen molar-refractivity contribution in [3.05, 3.63) is 35.4 Å². The van der Waals surface area contributed by atoms with Gasteiger partial charge in [0.1, 0.15) is 0 Å². The summed E-state index contributed by atoms with van der Waals surface area (Å²) in [5.41, 5.74) is 2.26. The van der Waals surface area contributed by atoms with Crippen molar-refractivity contribution in [3.8, 4) is 0 Å². The molecule has 2 rings (SSSR count). The first-order valence-corrected chi connectivity index (χ1v) is 10.8.